The van der Waals surface area contributed by atoms with Crippen LogP contribution in [0.5, 0.6) is 5.75 Å². The third-order valence-corrected chi connectivity index (χ3v) is 3.27. The molecule has 0 aliphatic carbocycles. The Labute approximate surface area is 125 Å². The van der Waals surface area contributed by atoms with E-state index in [4.69, 9.17) is 9.15 Å². The van der Waals surface area contributed by atoms with Crippen LogP contribution in [-0.4, -0.2) is 13.0 Å². The third-order valence-electron chi connectivity index (χ3n) is 3.27. The van der Waals surface area contributed by atoms with Gasteiger partial charge in [0.1, 0.15) is 18.1 Å². The maximum absolute atomic E-state index is 11.4. The molecule has 0 aliphatic heterocycles. The van der Waals surface area contributed by atoms with Gasteiger partial charge in [-0.1, -0.05) is 26.0 Å². The molecule has 21 heavy (non-hydrogen) atoms. The van der Waals surface area contributed by atoms with E-state index < -0.39 is 0 Å². The zero-order valence-corrected chi connectivity index (χ0v) is 12.9. The molecular formula is C17H21NO3. The van der Waals surface area contributed by atoms with Gasteiger partial charge in [-0.05, 0) is 42.2 Å². The van der Waals surface area contributed by atoms with E-state index in [2.05, 4.69) is 31.3 Å². The highest BCUT2D eigenvalue weighted by molar-refractivity contribution is 5.91. The largest absolute Gasteiger partial charge is 0.485 e. The molecule has 1 heterocycles. The zero-order valence-electron chi connectivity index (χ0n) is 12.9. The molecule has 2 rings (SSSR count). The summed E-state index contributed by atoms with van der Waals surface area (Å²) in [4.78, 5) is 11.4. The van der Waals surface area contributed by atoms with Crippen LogP contribution >= 0.6 is 0 Å². The second kappa shape index (κ2) is 6.48. The summed E-state index contributed by atoms with van der Waals surface area (Å²) in [7, 11) is 1.57. The van der Waals surface area contributed by atoms with Crippen molar-refractivity contribution >= 4 is 5.91 Å². The van der Waals surface area contributed by atoms with Crippen LogP contribution in [0.1, 0.15) is 47.2 Å². The number of aryl methyl sites for hydroxylation is 1. The van der Waals surface area contributed by atoms with Gasteiger partial charge in [0.25, 0.3) is 5.91 Å². The number of carbonyl (C=O) groups excluding carboxylic acids is 1. The highest BCUT2D eigenvalue weighted by atomic mass is 16.5. The van der Waals surface area contributed by atoms with Gasteiger partial charge in [0, 0.05) is 7.05 Å². The van der Waals surface area contributed by atoms with Gasteiger partial charge in [-0.15, -0.1) is 0 Å². The van der Waals surface area contributed by atoms with Gasteiger partial charge in [-0.2, -0.15) is 0 Å². The van der Waals surface area contributed by atoms with Gasteiger partial charge < -0.3 is 14.5 Å². The molecule has 1 amide bonds. The summed E-state index contributed by atoms with van der Waals surface area (Å²) in [6.45, 7) is 6.61. The first-order chi connectivity index (χ1) is 10.0. The van der Waals surface area contributed by atoms with E-state index in [9.17, 15) is 4.79 Å². The molecule has 0 unspecified atom stereocenters. The van der Waals surface area contributed by atoms with Gasteiger partial charge in [0.05, 0.1) is 0 Å². The number of amides is 1. The van der Waals surface area contributed by atoms with Crippen LogP contribution in [0.3, 0.4) is 0 Å². The van der Waals surface area contributed by atoms with Gasteiger partial charge in [-0.3, -0.25) is 4.79 Å². The predicted molar refractivity (Wildman–Crippen MR) is 81.7 cm³/mol. The number of hydrogen-bond acceptors (Lipinski definition) is 3. The van der Waals surface area contributed by atoms with Crippen LogP contribution in [0.15, 0.2) is 34.7 Å². The van der Waals surface area contributed by atoms with Crippen molar-refractivity contribution in [3.05, 3.63) is 53.0 Å². The first-order valence-electron chi connectivity index (χ1n) is 7.05. The molecule has 0 saturated heterocycles. The standard InChI is InChI=1S/C17H21NO3/c1-11(2)14-7-5-12(3)9-16(14)20-10-13-6-8-15(21-13)17(19)18-4/h5-9,11H,10H2,1-4H3,(H,18,19). The average molecular weight is 287 g/mol. The Morgan fingerprint density at radius 3 is 2.71 bits per heavy atom. The summed E-state index contributed by atoms with van der Waals surface area (Å²) in [6, 6.07) is 9.61. The SMILES string of the molecule is CNC(=O)c1ccc(COc2cc(C)ccc2C(C)C)o1. The molecule has 0 bridgehead atoms. The lowest BCUT2D eigenvalue weighted by Gasteiger charge is -2.14. The Kier molecular flexibility index (Phi) is 4.68. The molecule has 2 aromatic rings. The van der Waals surface area contributed by atoms with Crippen molar-refractivity contribution in [1.29, 1.82) is 0 Å². The molecule has 0 radical (unpaired) electrons. The molecule has 4 heteroatoms. The predicted octanol–water partition coefficient (Wildman–Crippen LogP) is 3.65. The lowest BCUT2D eigenvalue weighted by molar-refractivity contribution is 0.0931. The highest BCUT2D eigenvalue weighted by Gasteiger charge is 2.12. The average Bonchev–Trinajstić information content (AvgIpc) is 2.93. The minimum atomic E-state index is -0.236. The molecular weight excluding hydrogens is 266 g/mol. The lowest BCUT2D eigenvalue weighted by atomic mass is 10.0. The first-order valence-corrected chi connectivity index (χ1v) is 7.05. The molecule has 0 fully saturated rings. The van der Waals surface area contributed by atoms with Crippen molar-refractivity contribution in [3.63, 3.8) is 0 Å². The Balaban J connectivity index is 2.11. The summed E-state index contributed by atoms with van der Waals surface area (Å²) < 4.78 is 11.3. The maximum atomic E-state index is 11.4. The Morgan fingerprint density at radius 2 is 2.05 bits per heavy atom. The normalized spacial score (nSPS) is 10.7. The lowest BCUT2D eigenvalue weighted by Crippen LogP contribution is -2.16. The Hall–Kier alpha value is -2.23. The molecule has 0 aliphatic rings. The molecule has 1 aromatic heterocycles. The topological polar surface area (TPSA) is 51.5 Å². The van der Waals surface area contributed by atoms with Gasteiger partial charge in [-0.25, -0.2) is 0 Å². The van der Waals surface area contributed by atoms with E-state index >= 15 is 0 Å². The minimum absolute atomic E-state index is 0.236. The van der Waals surface area contributed by atoms with Crippen LogP contribution in [0.25, 0.3) is 0 Å². The fourth-order valence-electron chi connectivity index (χ4n) is 2.09. The van der Waals surface area contributed by atoms with Crippen molar-refractivity contribution in [2.45, 2.75) is 33.3 Å². The number of nitrogens with one attached hydrogen (secondary N) is 1. The van der Waals surface area contributed by atoms with E-state index in [1.165, 1.54) is 5.56 Å². The van der Waals surface area contributed by atoms with Crippen molar-refractivity contribution in [2.24, 2.45) is 0 Å². The van der Waals surface area contributed by atoms with Gasteiger partial charge >= 0.3 is 0 Å². The number of hydrogen-bond donors (Lipinski definition) is 1. The molecule has 1 N–H and O–H groups in total. The van der Waals surface area contributed by atoms with E-state index in [1.54, 1.807) is 19.2 Å². The summed E-state index contributed by atoms with van der Waals surface area (Å²) in [5.74, 6) is 1.94. The highest BCUT2D eigenvalue weighted by Crippen LogP contribution is 2.28. The van der Waals surface area contributed by atoms with Crippen LogP contribution in [0, 0.1) is 6.92 Å². The molecule has 4 nitrogen and oxygen atoms in total. The van der Waals surface area contributed by atoms with Crippen LogP contribution in [0.2, 0.25) is 0 Å². The maximum Gasteiger partial charge on any atom is 0.286 e. The molecule has 112 valence electrons. The number of ether oxygens (including phenoxy) is 1. The number of benzene rings is 1. The van der Waals surface area contributed by atoms with Crippen molar-refractivity contribution in [1.82, 2.24) is 5.32 Å². The number of carbonyl (C=O) groups is 1. The van der Waals surface area contributed by atoms with Crippen LogP contribution < -0.4 is 10.1 Å². The minimum Gasteiger partial charge on any atom is -0.485 e. The third kappa shape index (κ3) is 3.66. The van der Waals surface area contributed by atoms with Gasteiger partial charge in [0.2, 0.25) is 0 Å². The first kappa shape index (κ1) is 15.2. The second-order valence-electron chi connectivity index (χ2n) is 5.33. The quantitative estimate of drug-likeness (QED) is 0.913. The smallest absolute Gasteiger partial charge is 0.286 e. The summed E-state index contributed by atoms with van der Waals surface area (Å²) in [5, 5.41) is 2.53. The van der Waals surface area contributed by atoms with E-state index in [-0.39, 0.29) is 5.91 Å². The number of rotatable bonds is 5. The van der Waals surface area contributed by atoms with Crippen LogP contribution in [0.4, 0.5) is 0 Å². The summed E-state index contributed by atoms with van der Waals surface area (Å²) in [5.41, 5.74) is 2.32. The van der Waals surface area contributed by atoms with Crippen molar-refractivity contribution in [3.8, 4) is 5.75 Å². The monoisotopic (exact) mass is 287 g/mol. The fourth-order valence-corrected chi connectivity index (χ4v) is 2.09. The molecule has 1 aromatic carbocycles. The van der Waals surface area contributed by atoms with Crippen molar-refractivity contribution < 1.29 is 13.9 Å². The van der Waals surface area contributed by atoms with E-state index in [0.717, 1.165) is 11.3 Å². The summed E-state index contributed by atoms with van der Waals surface area (Å²) in [6.07, 6.45) is 0. The summed E-state index contributed by atoms with van der Waals surface area (Å²) >= 11 is 0. The van der Waals surface area contributed by atoms with Crippen molar-refractivity contribution in [2.75, 3.05) is 7.05 Å². The zero-order chi connectivity index (χ0) is 15.4. The number of furan rings is 1. The van der Waals surface area contributed by atoms with E-state index in [1.807, 2.05) is 13.0 Å². The second-order valence-corrected chi connectivity index (χ2v) is 5.33. The molecule has 0 spiro atoms. The van der Waals surface area contributed by atoms with E-state index in [0.29, 0.717) is 24.0 Å². The molecule has 0 saturated carbocycles. The Morgan fingerprint density at radius 1 is 1.29 bits per heavy atom. The van der Waals surface area contributed by atoms with Gasteiger partial charge in [0.15, 0.2) is 5.76 Å². The molecule has 0 atom stereocenters. The van der Waals surface area contributed by atoms with Crippen LogP contribution in [-0.2, 0) is 6.61 Å². The Bertz CT molecular complexity index is 629. The fraction of sp³-hybridized carbons (Fsp3) is 0.353.